The highest BCUT2D eigenvalue weighted by Gasteiger charge is 2.22. The molecule has 0 aliphatic heterocycles. The minimum atomic E-state index is 0.344. The van der Waals surface area contributed by atoms with E-state index in [1.54, 1.807) is 0 Å². The highest BCUT2D eigenvalue weighted by molar-refractivity contribution is 6.13. The first-order chi connectivity index (χ1) is 15.6. The van der Waals surface area contributed by atoms with Gasteiger partial charge in [0.15, 0.2) is 6.20 Å². The van der Waals surface area contributed by atoms with Crippen LogP contribution in [-0.2, 0) is 13.6 Å². The Balaban J connectivity index is 1.85. The number of aromatic nitrogens is 1. The molecule has 0 unspecified atom stereocenters. The van der Waals surface area contributed by atoms with Crippen molar-refractivity contribution in [2.24, 2.45) is 7.05 Å². The summed E-state index contributed by atoms with van der Waals surface area (Å²) in [6.45, 7) is 9.51. The zero-order chi connectivity index (χ0) is 22.2. The molecule has 0 aliphatic rings. The summed E-state index contributed by atoms with van der Waals surface area (Å²) in [5.41, 5.74) is 8.00. The molecule has 0 saturated carbocycles. The standard InChI is InChI=1S/C28H20N3O/c1-18-7-13-22-23-14-12-21(16-29)26(20-10-8-19(9-11-20)17-30-2)28(23)32-27(22)25(18)24-6-4-5-15-31(24)3/h4-15H,17H2,1,3H3/q+1. The fourth-order valence-electron chi connectivity index (χ4n) is 4.35. The van der Waals surface area contributed by atoms with E-state index in [1.807, 2.05) is 61.8 Å². The number of nitrogens with zero attached hydrogens (tertiary/aromatic N) is 3. The second-order valence-corrected chi connectivity index (χ2v) is 7.92. The van der Waals surface area contributed by atoms with E-state index in [1.165, 1.54) is 0 Å². The molecule has 3 aromatic carbocycles. The zero-order valence-electron chi connectivity index (χ0n) is 17.9. The lowest BCUT2D eigenvalue weighted by Crippen LogP contribution is -2.30. The molecule has 0 fully saturated rings. The van der Waals surface area contributed by atoms with Crippen LogP contribution in [0.25, 0.3) is 49.2 Å². The summed E-state index contributed by atoms with van der Waals surface area (Å²) in [6, 6.07) is 24.3. The molecule has 0 bridgehead atoms. The lowest BCUT2D eigenvalue weighted by Gasteiger charge is -2.06. The lowest BCUT2D eigenvalue weighted by atomic mass is 9.95. The van der Waals surface area contributed by atoms with Crippen LogP contribution >= 0.6 is 0 Å². The maximum Gasteiger partial charge on any atom is 0.239 e. The van der Waals surface area contributed by atoms with Crippen molar-refractivity contribution in [3.05, 3.63) is 101 Å². The van der Waals surface area contributed by atoms with Crippen LogP contribution in [0.2, 0.25) is 0 Å². The lowest BCUT2D eigenvalue weighted by molar-refractivity contribution is -0.660. The summed E-state index contributed by atoms with van der Waals surface area (Å²) < 4.78 is 8.66. The highest BCUT2D eigenvalue weighted by Crippen LogP contribution is 2.41. The predicted octanol–water partition coefficient (Wildman–Crippen LogP) is 6.34. The smallest absolute Gasteiger partial charge is 0.239 e. The van der Waals surface area contributed by atoms with Crippen molar-refractivity contribution < 1.29 is 8.98 Å². The van der Waals surface area contributed by atoms with Gasteiger partial charge in [-0.15, -0.1) is 0 Å². The van der Waals surface area contributed by atoms with Gasteiger partial charge in [0, 0.05) is 34.0 Å². The quantitative estimate of drug-likeness (QED) is 0.255. The maximum atomic E-state index is 9.83. The molecule has 0 radical (unpaired) electrons. The Morgan fingerprint density at radius 2 is 1.66 bits per heavy atom. The van der Waals surface area contributed by atoms with Gasteiger partial charge in [0.1, 0.15) is 18.2 Å². The maximum absolute atomic E-state index is 9.83. The third kappa shape index (κ3) is 3.02. The average Bonchev–Trinajstić information content (AvgIpc) is 3.18. The van der Waals surface area contributed by atoms with Crippen LogP contribution < -0.4 is 4.57 Å². The number of nitriles is 1. The molecule has 152 valence electrons. The Morgan fingerprint density at radius 3 is 2.34 bits per heavy atom. The molecule has 2 heterocycles. The monoisotopic (exact) mass is 414 g/mol. The minimum absolute atomic E-state index is 0.344. The first-order valence-corrected chi connectivity index (χ1v) is 10.4. The first-order valence-electron chi connectivity index (χ1n) is 10.4. The topological polar surface area (TPSA) is 45.2 Å². The second-order valence-electron chi connectivity index (χ2n) is 7.92. The first kappa shape index (κ1) is 19.5. The van der Waals surface area contributed by atoms with E-state index in [2.05, 4.69) is 40.6 Å². The van der Waals surface area contributed by atoms with Crippen molar-refractivity contribution in [2.45, 2.75) is 13.5 Å². The number of rotatable bonds is 3. The van der Waals surface area contributed by atoms with Crippen molar-refractivity contribution in [1.82, 2.24) is 0 Å². The molecule has 5 rings (SSSR count). The normalized spacial score (nSPS) is 10.9. The van der Waals surface area contributed by atoms with Crippen molar-refractivity contribution in [3.8, 4) is 28.5 Å². The predicted molar refractivity (Wildman–Crippen MR) is 126 cm³/mol. The van der Waals surface area contributed by atoms with E-state index in [9.17, 15) is 5.26 Å². The molecule has 0 amide bonds. The fourth-order valence-corrected chi connectivity index (χ4v) is 4.35. The summed E-state index contributed by atoms with van der Waals surface area (Å²) in [4.78, 5) is 3.45. The molecule has 0 N–H and O–H groups in total. The molecular weight excluding hydrogens is 394 g/mol. The van der Waals surface area contributed by atoms with Crippen LogP contribution in [0.5, 0.6) is 0 Å². The molecule has 5 aromatic rings. The minimum Gasteiger partial charge on any atom is -0.454 e. The van der Waals surface area contributed by atoms with Gasteiger partial charge in [0.05, 0.1) is 17.2 Å². The number of pyridine rings is 1. The Hall–Kier alpha value is -4.41. The van der Waals surface area contributed by atoms with Gasteiger partial charge in [-0.05, 0) is 36.2 Å². The van der Waals surface area contributed by atoms with Gasteiger partial charge in [-0.1, -0.05) is 36.4 Å². The largest absolute Gasteiger partial charge is 0.454 e. The molecule has 4 heteroatoms. The molecule has 0 atom stereocenters. The van der Waals surface area contributed by atoms with Gasteiger partial charge >= 0.3 is 0 Å². The van der Waals surface area contributed by atoms with Crippen LogP contribution in [0.3, 0.4) is 0 Å². The van der Waals surface area contributed by atoms with E-state index in [4.69, 9.17) is 11.0 Å². The van der Waals surface area contributed by atoms with Crippen LogP contribution in [0.1, 0.15) is 16.7 Å². The zero-order valence-corrected chi connectivity index (χ0v) is 17.9. The van der Waals surface area contributed by atoms with Crippen molar-refractivity contribution in [2.75, 3.05) is 0 Å². The van der Waals surface area contributed by atoms with Crippen LogP contribution in [0.4, 0.5) is 0 Å². The molecular formula is C28H20N3O+. The van der Waals surface area contributed by atoms with E-state index in [0.717, 1.165) is 49.9 Å². The molecule has 0 aliphatic carbocycles. The van der Waals surface area contributed by atoms with Crippen molar-refractivity contribution >= 4 is 21.9 Å². The van der Waals surface area contributed by atoms with E-state index in [0.29, 0.717) is 17.7 Å². The Morgan fingerprint density at radius 1 is 0.938 bits per heavy atom. The fraction of sp³-hybridized carbons (Fsp3) is 0.107. The van der Waals surface area contributed by atoms with Crippen molar-refractivity contribution in [1.29, 1.82) is 5.26 Å². The van der Waals surface area contributed by atoms with Gasteiger partial charge in [0.2, 0.25) is 12.2 Å². The third-order valence-electron chi connectivity index (χ3n) is 5.95. The molecule has 0 saturated heterocycles. The van der Waals surface area contributed by atoms with Gasteiger partial charge < -0.3 is 9.26 Å². The van der Waals surface area contributed by atoms with Crippen molar-refractivity contribution in [3.63, 3.8) is 0 Å². The number of fused-ring (bicyclic) bond motifs is 3. The second kappa shape index (κ2) is 7.69. The number of hydrogen-bond acceptors (Lipinski definition) is 2. The SMILES string of the molecule is [C-]#[N+]Cc1ccc(-c2c(C#N)ccc3c2oc2c(-c4cccc[n+]4C)c(C)ccc23)cc1. The number of hydrogen-bond donors (Lipinski definition) is 0. The van der Waals surface area contributed by atoms with Crippen LogP contribution in [0, 0.1) is 24.8 Å². The van der Waals surface area contributed by atoms with E-state index in [-0.39, 0.29) is 0 Å². The van der Waals surface area contributed by atoms with E-state index < -0.39 is 0 Å². The number of aryl methyl sites for hydroxylation is 2. The Labute approximate surface area is 186 Å². The van der Waals surface area contributed by atoms with Gasteiger partial charge in [-0.3, -0.25) is 0 Å². The van der Waals surface area contributed by atoms with Gasteiger partial charge in [0.25, 0.3) is 0 Å². The molecule has 2 aromatic heterocycles. The Kier molecular flexibility index (Phi) is 4.70. The van der Waals surface area contributed by atoms with Gasteiger partial charge in [-0.25, -0.2) is 11.1 Å². The summed E-state index contributed by atoms with van der Waals surface area (Å²) in [7, 11) is 2.03. The highest BCUT2D eigenvalue weighted by atomic mass is 16.3. The molecule has 4 nitrogen and oxygen atoms in total. The average molecular weight is 414 g/mol. The van der Waals surface area contributed by atoms with Crippen LogP contribution in [0.15, 0.2) is 77.3 Å². The molecule has 0 spiro atoms. The number of furan rings is 1. The van der Waals surface area contributed by atoms with E-state index >= 15 is 0 Å². The summed E-state index contributed by atoms with van der Waals surface area (Å²) in [6.07, 6.45) is 2.03. The van der Waals surface area contributed by atoms with Gasteiger partial charge in [-0.2, -0.15) is 5.26 Å². The number of benzene rings is 3. The Bertz CT molecular complexity index is 1580. The summed E-state index contributed by atoms with van der Waals surface area (Å²) in [5.74, 6) is 0. The van der Waals surface area contributed by atoms with Crippen LogP contribution in [-0.4, -0.2) is 0 Å². The summed E-state index contributed by atoms with van der Waals surface area (Å²) >= 11 is 0. The third-order valence-corrected chi connectivity index (χ3v) is 5.95. The molecule has 32 heavy (non-hydrogen) atoms. The summed E-state index contributed by atoms with van der Waals surface area (Å²) in [5, 5.41) is 11.8.